The van der Waals surface area contributed by atoms with Crippen molar-refractivity contribution in [1.82, 2.24) is 0 Å². The normalized spacial score (nSPS) is 16.8. The van der Waals surface area contributed by atoms with Crippen LogP contribution in [0.5, 0.6) is 0 Å². The van der Waals surface area contributed by atoms with Gasteiger partial charge in [-0.25, -0.2) is 4.39 Å². The van der Waals surface area contributed by atoms with Crippen molar-refractivity contribution in [3.05, 3.63) is 77.5 Å². The fraction of sp³-hybridized carbons (Fsp3) is 0.286. The Morgan fingerprint density at radius 1 is 1.08 bits per heavy atom. The number of nitrogens with one attached hydrogen (secondary N) is 1. The average Bonchev–Trinajstić information content (AvgIpc) is 2.66. The van der Waals surface area contributed by atoms with E-state index in [0.717, 1.165) is 17.3 Å². The van der Waals surface area contributed by atoms with Gasteiger partial charge in [-0.3, -0.25) is 4.79 Å². The molecule has 0 saturated heterocycles. The van der Waals surface area contributed by atoms with Crippen LogP contribution in [0.15, 0.2) is 66.2 Å². The second kappa shape index (κ2) is 14.2. The number of benzene rings is 2. The third-order valence-corrected chi connectivity index (χ3v) is 4.05. The molecule has 3 nitrogen and oxygen atoms in total. The minimum atomic E-state index is -0.309. The van der Waals surface area contributed by atoms with Gasteiger partial charge in [0.2, 0.25) is 6.41 Å². The van der Waals surface area contributed by atoms with E-state index in [0.29, 0.717) is 18.0 Å². The lowest BCUT2D eigenvalue weighted by atomic mass is 9.78. The monoisotopic (exact) mass is 423 g/mol. The van der Waals surface area contributed by atoms with Gasteiger partial charge in [0, 0.05) is 10.2 Å². The second-order valence-electron chi connectivity index (χ2n) is 5.14. The molecule has 5 heteroatoms. The first-order valence-corrected chi connectivity index (χ1v) is 9.27. The van der Waals surface area contributed by atoms with Crippen molar-refractivity contribution >= 4 is 28.0 Å². The van der Waals surface area contributed by atoms with Crippen molar-refractivity contribution in [3.63, 3.8) is 0 Å². The smallest absolute Gasteiger partial charge is 0.211 e. The number of anilines is 1. The SMILES string of the molecule is C=C.CC.O=CNc1ccc(F)cc1.OC1CC(c2ccc(Br)cc2)C1. The number of rotatable bonds is 3. The molecule has 2 aromatic rings. The van der Waals surface area contributed by atoms with Crippen LogP contribution in [0.4, 0.5) is 10.1 Å². The summed E-state index contributed by atoms with van der Waals surface area (Å²) in [5, 5.41) is 11.5. The summed E-state index contributed by atoms with van der Waals surface area (Å²) >= 11 is 3.40. The Balaban J connectivity index is 0.000000409. The summed E-state index contributed by atoms with van der Waals surface area (Å²) in [6, 6.07) is 13.9. The van der Waals surface area contributed by atoms with Crippen molar-refractivity contribution in [2.45, 2.75) is 38.7 Å². The number of amides is 1. The maximum absolute atomic E-state index is 12.2. The first-order valence-electron chi connectivity index (χ1n) is 8.47. The zero-order valence-electron chi connectivity index (χ0n) is 15.3. The first kappa shape index (κ1) is 24.0. The predicted octanol–water partition coefficient (Wildman–Crippen LogP) is 5.91. The average molecular weight is 424 g/mol. The van der Waals surface area contributed by atoms with Crippen molar-refractivity contribution in [3.8, 4) is 0 Å². The van der Waals surface area contributed by atoms with Crippen LogP contribution in [0.1, 0.15) is 38.2 Å². The number of hydrogen-bond acceptors (Lipinski definition) is 2. The van der Waals surface area contributed by atoms with E-state index in [1.54, 1.807) is 0 Å². The number of carbonyl (C=O) groups is 1. The van der Waals surface area contributed by atoms with Crippen LogP contribution in [0.3, 0.4) is 0 Å². The molecule has 2 N–H and O–H groups in total. The molecule has 2 aromatic carbocycles. The minimum Gasteiger partial charge on any atom is -0.393 e. The minimum absolute atomic E-state index is 0.0568. The van der Waals surface area contributed by atoms with E-state index in [2.05, 4.69) is 58.7 Å². The van der Waals surface area contributed by atoms with E-state index in [9.17, 15) is 9.18 Å². The summed E-state index contributed by atoms with van der Waals surface area (Å²) in [5.74, 6) is 0.282. The van der Waals surface area contributed by atoms with Crippen molar-refractivity contribution in [2.24, 2.45) is 0 Å². The van der Waals surface area contributed by atoms with E-state index in [1.165, 1.54) is 29.8 Å². The van der Waals surface area contributed by atoms with Crippen LogP contribution in [0.2, 0.25) is 0 Å². The molecular formula is C21H27BrFNO2. The Morgan fingerprint density at radius 3 is 2.00 bits per heavy atom. The molecule has 1 fully saturated rings. The number of carbonyl (C=O) groups excluding carboxylic acids is 1. The van der Waals surface area contributed by atoms with Gasteiger partial charge in [-0.05, 0) is 60.7 Å². The quantitative estimate of drug-likeness (QED) is 0.476. The molecule has 1 aliphatic carbocycles. The van der Waals surface area contributed by atoms with Gasteiger partial charge in [-0.1, -0.05) is 41.9 Å². The summed E-state index contributed by atoms with van der Waals surface area (Å²) in [5.41, 5.74) is 1.94. The third-order valence-electron chi connectivity index (χ3n) is 3.52. The molecule has 3 rings (SSSR count). The summed E-state index contributed by atoms with van der Waals surface area (Å²) < 4.78 is 13.3. The van der Waals surface area contributed by atoms with E-state index >= 15 is 0 Å². The van der Waals surface area contributed by atoms with Gasteiger partial charge in [0.15, 0.2) is 0 Å². The highest BCUT2D eigenvalue weighted by Gasteiger charge is 2.27. The largest absolute Gasteiger partial charge is 0.393 e. The Labute approximate surface area is 164 Å². The molecule has 26 heavy (non-hydrogen) atoms. The molecule has 1 amide bonds. The van der Waals surface area contributed by atoms with Crippen LogP contribution < -0.4 is 5.32 Å². The highest BCUT2D eigenvalue weighted by atomic mass is 79.9. The lowest BCUT2D eigenvalue weighted by Crippen LogP contribution is -2.26. The molecule has 0 radical (unpaired) electrons. The van der Waals surface area contributed by atoms with Gasteiger partial charge in [0.05, 0.1) is 6.10 Å². The zero-order valence-corrected chi connectivity index (χ0v) is 16.9. The Hall–Kier alpha value is -1.98. The molecule has 0 heterocycles. The fourth-order valence-electron chi connectivity index (χ4n) is 2.21. The third kappa shape index (κ3) is 8.92. The van der Waals surface area contributed by atoms with Crippen molar-refractivity contribution in [1.29, 1.82) is 0 Å². The van der Waals surface area contributed by atoms with Gasteiger partial charge >= 0.3 is 0 Å². The van der Waals surface area contributed by atoms with Crippen LogP contribution in [0, 0.1) is 5.82 Å². The molecule has 0 unspecified atom stereocenters. The van der Waals surface area contributed by atoms with Crippen molar-refractivity contribution in [2.75, 3.05) is 5.32 Å². The standard InChI is InChI=1S/C10H11BrO.C7H6FNO.C2H6.C2H4/c11-9-3-1-7(2-4-9)8-5-10(12)6-8;8-6-1-3-7(4-2-6)9-5-10;2*1-2/h1-4,8,10,12H,5-6H2;1-5H,(H,9,10);1-2H3;1-2H2. The lowest BCUT2D eigenvalue weighted by molar-refractivity contribution is -0.105. The highest BCUT2D eigenvalue weighted by Crippen LogP contribution is 2.36. The summed E-state index contributed by atoms with van der Waals surface area (Å²) in [7, 11) is 0. The Bertz CT molecular complexity index is 611. The van der Waals surface area contributed by atoms with E-state index in [4.69, 9.17) is 5.11 Å². The van der Waals surface area contributed by atoms with Crippen LogP contribution >= 0.6 is 15.9 Å². The molecule has 0 aromatic heterocycles. The molecule has 0 aliphatic heterocycles. The fourth-order valence-corrected chi connectivity index (χ4v) is 2.47. The number of hydrogen-bond donors (Lipinski definition) is 2. The maximum atomic E-state index is 12.2. The zero-order chi connectivity index (χ0) is 19.9. The number of aliphatic hydroxyl groups excluding tert-OH is 1. The van der Waals surface area contributed by atoms with Crippen LogP contribution in [-0.2, 0) is 4.79 Å². The molecule has 142 valence electrons. The number of aliphatic hydroxyl groups is 1. The first-order chi connectivity index (χ1) is 12.6. The lowest BCUT2D eigenvalue weighted by Gasteiger charge is -2.31. The Kier molecular flexibility index (Phi) is 13.1. The van der Waals surface area contributed by atoms with Gasteiger partial charge < -0.3 is 10.4 Å². The predicted molar refractivity (Wildman–Crippen MR) is 111 cm³/mol. The summed E-state index contributed by atoms with van der Waals surface area (Å²) in [6.45, 7) is 10.0. The van der Waals surface area contributed by atoms with Gasteiger partial charge in [-0.15, -0.1) is 13.2 Å². The topological polar surface area (TPSA) is 49.3 Å². The summed E-state index contributed by atoms with van der Waals surface area (Å²) in [4.78, 5) is 9.85. The summed E-state index contributed by atoms with van der Waals surface area (Å²) in [6.07, 6.45) is 2.36. The van der Waals surface area contributed by atoms with E-state index in [1.807, 2.05) is 13.8 Å². The molecule has 1 saturated carbocycles. The molecule has 0 bridgehead atoms. The molecule has 0 atom stereocenters. The van der Waals surface area contributed by atoms with Gasteiger partial charge in [-0.2, -0.15) is 0 Å². The van der Waals surface area contributed by atoms with Crippen LogP contribution in [0.25, 0.3) is 0 Å². The van der Waals surface area contributed by atoms with Crippen molar-refractivity contribution < 1.29 is 14.3 Å². The molecular weight excluding hydrogens is 397 g/mol. The molecule has 0 spiro atoms. The van der Waals surface area contributed by atoms with Crippen LogP contribution in [-0.4, -0.2) is 17.6 Å². The molecule has 1 aliphatic rings. The van der Waals surface area contributed by atoms with E-state index in [-0.39, 0.29) is 11.9 Å². The highest BCUT2D eigenvalue weighted by molar-refractivity contribution is 9.10. The number of halogens is 2. The second-order valence-corrected chi connectivity index (χ2v) is 6.06. The van der Waals surface area contributed by atoms with Gasteiger partial charge in [0.1, 0.15) is 5.82 Å². The Morgan fingerprint density at radius 2 is 1.58 bits per heavy atom. The maximum Gasteiger partial charge on any atom is 0.211 e. The van der Waals surface area contributed by atoms with Gasteiger partial charge in [0.25, 0.3) is 0 Å². The van der Waals surface area contributed by atoms with E-state index < -0.39 is 0 Å².